The Labute approximate surface area is 156 Å². The van der Waals surface area contributed by atoms with E-state index in [0.717, 1.165) is 35.3 Å². The number of aromatic amines is 1. The number of hydrogen-bond acceptors (Lipinski definition) is 4. The van der Waals surface area contributed by atoms with Crippen LogP contribution in [0.4, 0.5) is 0 Å². The van der Waals surface area contributed by atoms with Crippen molar-refractivity contribution in [3.05, 3.63) is 53.7 Å². The largest absolute Gasteiger partial charge is 0.459 e. The van der Waals surface area contributed by atoms with Crippen LogP contribution < -0.4 is 5.32 Å². The molecule has 3 aromatic rings. The number of rotatable bonds is 4. The molecule has 1 saturated heterocycles. The molecule has 0 aliphatic carbocycles. The smallest absolute Gasteiger partial charge is 0.289 e. The van der Waals surface area contributed by atoms with E-state index < -0.39 is 0 Å². The van der Waals surface area contributed by atoms with Crippen LogP contribution in [0.3, 0.4) is 0 Å². The maximum Gasteiger partial charge on any atom is 0.289 e. The predicted octanol–water partition coefficient (Wildman–Crippen LogP) is 2.43. The highest BCUT2D eigenvalue weighted by molar-refractivity contribution is 5.91. The van der Waals surface area contributed by atoms with Crippen molar-refractivity contribution in [3.63, 3.8) is 0 Å². The molecule has 1 unspecified atom stereocenters. The minimum absolute atomic E-state index is 0.0386. The van der Waals surface area contributed by atoms with Crippen LogP contribution in [0, 0.1) is 6.92 Å². The topological polar surface area (TPSA) is 91.2 Å². The zero-order valence-electron chi connectivity index (χ0n) is 15.2. The highest BCUT2D eigenvalue weighted by atomic mass is 16.3. The number of nitrogens with one attached hydrogen (secondary N) is 2. The SMILES string of the molecule is Cc1nc2ccc(CC(=O)NC3CCCN(C(=O)c4ccco4)C3)cc2[nH]1. The molecule has 0 bridgehead atoms. The number of furan rings is 1. The average molecular weight is 366 g/mol. The van der Waals surface area contributed by atoms with Crippen molar-refractivity contribution in [1.29, 1.82) is 0 Å². The molecule has 0 saturated carbocycles. The lowest BCUT2D eigenvalue weighted by Gasteiger charge is -2.32. The molecule has 1 aliphatic rings. The molecule has 1 atom stereocenters. The van der Waals surface area contributed by atoms with Gasteiger partial charge >= 0.3 is 0 Å². The second-order valence-electron chi connectivity index (χ2n) is 6.99. The monoisotopic (exact) mass is 366 g/mol. The standard InChI is InChI=1S/C20H22N4O3/c1-13-21-16-7-6-14(10-17(16)22-13)11-19(25)23-15-4-2-8-24(12-15)20(26)18-5-3-9-27-18/h3,5-7,9-10,15H,2,4,8,11-12H2,1H3,(H,21,22)(H,23,25). The summed E-state index contributed by atoms with van der Waals surface area (Å²) >= 11 is 0. The zero-order valence-corrected chi connectivity index (χ0v) is 15.2. The Morgan fingerprint density at radius 3 is 3.07 bits per heavy atom. The van der Waals surface area contributed by atoms with Gasteiger partial charge in [0.25, 0.3) is 5.91 Å². The van der Waals surface area contributed by atoms with Crippen molar-refractivity contribution in [3.8, 4) is 0 Å². The lowest BCUT2D eigenvalue weighted by atomic mass is 10.0. The first kappa shape index (κ1) is 17.3. The number of nitrogens with zero attached hydrogens (tertiary/aromatic N) is 2. The van der Waals surface area contributed by atoms with Crippen LogP contribution in [0.25, 0.3) is 11.0 Å². The van der Waals surface area contributed by atoms with Gasteiger partial charge in [0, 0.05) is 19.1 Å². The fraction of sp³-hybridized carbons (Fsp3) is 0.350. The van der Waals surface area contributed by atoms with E-state index in [1.165, 1.54) is 6.26 Å². The van der Waals surface area contributed by atoms with Crippen molar-refractivity contribution in [2.45, 2.75) is 32.2 Å². The lowest BCUT2D eigenvalue weighted by Crippen LogP contribution is -2.49. The fourth-order valence-corrected chi connectivity index (χ4v) is 3.59. The summed E-state index contributed by atoms with van der Waals surface area (Å²) in [6, 6.07) is 9.14. The molecular formula is C20H22N4O3. The molecule has 3 heterocycles. The molecule has 7 nitrogen and oxygen atoms in total. The van der Waals surface area contributed by atoms with E-state index in [4.69, 9.17) is 4.42 Å². The van der Waals surface area contributed by atoms with E-state index in [-0.39, 0.29) is 17.9 Å². The summed E-state index contributed by atoms with van der Waals surface area (Å²) in [6.07, 6.45) is 3.52. The number of amides is 2. The molecule has 0 radical (unpaired) electrons. The number of benzene rings is 1. The number of likely N-dealkylation sites (tertiary alicyclic amines) is 1. The summed E-state index contributed by atoms with van der Waals surface area (Å²) < 4.78 is 5.19. The molecule has 2 N–H and O–H groups in total. The van der Waals surface area contributed by atoms with Crippen LogP contribution in [-0.2, 0) is 11.2 Å². The second-order valence-corrected chi connectivity index (χ2v) is 6.99. The number of hydrogen-bond donors (Lipinski definition) is 2. The van der Waals surface area contributed by atoms with Crippen LogP contribution in [-0.4, -0.2) is 45.8 Å². The third kappa shape index (κ3) is 3.86. The van der Waals surface area contributed by atoms with Crippen molar-refractivity contribution >= 4 is 22.8 Å². The summed E-state index contributed by atoms with van der Waals surface area (Å²) in [6.45, 7) is 3.09. The summed E-state index contributed by atoms with van der Waals surface area (Å²) in [5.41, 5.74) is 2.77. The van der Waals surface area contributed by atoms with Gasteiger partial charge < -0.3 is 19.6 Å². The fourth-order valence-electron chi connectivity index (χ4n) is 3.59. The van der Waals surface area contributed by atoms with Crippen LogP contribution in [0.2, 0.25) is 0 Å². The molecule has 1 aromatic carbocycles. The molecule has 4 rings (SSSR count). The van der Waals surface area contributed by atoms with Gasteiger partial charge in [-0.2, -0.15) is 0 Å². The van der Waals surface area contributed by atoms with E-state index in [0.29, 0.717) is 25.3 Å². The van der Waals surface area contributed by atoms with Crippen LogP contribution in [0.5, 0.6) is 0 Å². The quantitative estimate of drug-likeness (QED) is 0.742. The first-order valence-corrected chi connectivity index (χ1v) is 9.16. The average Bonchev–Trinajstić information content (AvgIpc) is 3.29. The van der Waals surface area contributed by atoms with Gasteiger partial charge in [-0.05, 0) is 49.6 Å². The van der Waals surface area contributed by atoms with E-state index in [1.54, 1.807) is 17.0 Å². The number of aromatic nitrogens is 2. The van der Waals surface area contributed by atoms with Gasteiger partial charge in [0.05, 0.1) is 23.7 Å². The Hall–Kier alpha value is -3.09. The Morgan fingerprint density at radius 2 is 2.26 bits per heavy atom. The van der Waals surface area contributed by atoms with Gasteiger partial charge in [-0.15, -0.1) is 0 Å². The minimum atomic E-state index is -0.126. The summed E-state index contributed by atoms with van der Waals surface area (Å²) in [4.78, 5) is 34.2. The second kappa shape index (κ2) is 7.26. The summed E-state index contributed by atoms with van der Waals surface area (Å²) in [5, 5.41) is 3.06. The van der Waals surface area contributed by atoms with Gasteiger partial charge in [0.1, 0.15) is 5.82 Å². The number of imidazole rings is 1. The highest BCUT2D eigenvalue weighted by Gasteiger charge is 2.26. The molecule has 140 valence electrons. The van der Waals surface area contributed by atoms with Gasteiger partial charge in [-0.1, -0.05) is 6.07 Å². The first-order chi connectivity index (χ1) is 13.1. The summed E-state index contributed by atoms with van der Waals surface area (Å²) in [5.74, 6) is 1.03. The minimum Gasteiger partial charge on any atom is -0.459 e. The number of piperidine rings is 1. The number of carbonyl (C=O) groups is 2. The molecule has 2 amide bonds. The van der Waals surface area contributed by atoms with Gasteiger partial charge in [0.2, 0.25) is 5.91 Å². The third-order valence-corrected chi connectivity index (χ3v) is 4.84. The van der Waals surface area contributed by atoms with Crippen LogP contribution >= 0.6 is 0 Å². The Balaban J connectivity index is 1.36. The number of carbonyl (C=O) groups excluding carboxylic acids is 2. The molecule has 7 heteroatoms. The Bertz CT molecular complexity index is 961. The lowest BCUT2D eigenvalue weighted by molar-refractivity contribution is -0.121. The van der Waals surface area contributed by atoms with E-state index in [2.05, 4.69) is 15.3 Å². The highest BCUT2D eigenvalue weighted by Crippen LogP contribution is 2.16. The third-order valence-electron chi connectivity index (χ3n) is 4.84. The Kier molecular flexibility index (Phi) is 4.66. The maximum atomic E-state index is 12.5. The van der Waals surface area contributed by atoms with Gasteiger partial charge in [-0.25, -0.2) is 4.98 Å². The maximum absolute atomic E-state index is 12.5. The first-order valence-electron chi connectivity index (χ1n) is 9.16. The zero-order chi connectivity index (χ0) is 18.8. The van der Waals surface area contributed by atoms with E-state index in [1.807, 2.05) is 25.1 Å². The molecule has 1 aliphatic heterocycles. The predicted molar refractivity (Wildman–Crippen MR) is 100 cm³/mol. The normalized spacial score (nSPS) is 17.2. The Morgan fingerprint density at radius 1 is 1.37 bits per heavy atom. The molecular weight excluding hydrogens is 344 g/mol. The molecule has 27 heavy (non-hydrogen) atoms. The molecule has 1 fully saturated rings. The van der Waals surface area contributed by atoms with Crippen LogP contribution in [0.1, 0.15) is 34.8 Å². The number of fused-ring (bicyclic) bond motifs is 1. The molecule has 2 aromatic heterocycles. The number of H-pyrrole nitrogens is 1. The van der Waals surface area contributed by atoms with Gasteiger partial charge in [-0.3, -0.25) is 9.59 Å². The molecule has 0 spiro atoms. The number of aryl methyl sites for hydroxylation is 1. The van der Waals surface area contributed by atoms with Crippen molar-refractivity contribution in [2.75, 3.05) is 13.1 Å². The summed E-state index contributed by atoms with van der Waals surface area (Å²) in [7, 11) is 0. The van der Waals surface area contributed by atoms with Crippen molar-refractivity contribution in [2.24, 2.45) is 0 Å². The van der Waals surface area contributed by atoms with Crippen molar-refractivity contribution < 1.29 is 14.0 Å². The van der Waals surface area contributed by atoms with E-state index >= 15 is 0 Å². The van der Waals surface area contributed by atoms with E-state index in [9.17, 15) is 9.59 Å². The van der Waals surface area contributed by atoms with Crippen LogP contribution in [0.15, 0.2) is 41.0 Å². The van der Waals surface area contributed by atoms with Gasteiger partial charge in [0.15, 0.2) is 5.76 Å². The van der Waals surface area contributed by atoms with Crippen molar-refractivity contribution in [1.82, 2.24) is 20.2 Å².